The van der Waals surface area contributed by atoms with E-state index in [0.717, 1.165) is 30.0 Å². The Morgan fingerprint density at radius 2 is 2.29 bits per heavy atom. The second-order valence-electron chi connectivity index (χ2n) is 4.88. The van der Waals surface area contributed by atoms with Crippen molar-refractivity contribution in [1.82, 2.24) is 0 Å². The van der Waals surface area contributed by atoms with Gasteiger partial charge in [-0.05, 0) is 55.9 Å². The molecule has 0 radical (unpaired) electrons. The zero-order valence-corrected chi connectivity index (χ0v) is 11.0. The third-order valence-electron chi connectivity index (χ3n) is 3.32. The van der Waals surface area contributed by atoms with Crippen LogP contribution in [-0.4, -0.2) is 12.7 Å². The lowest BCUT2D eigenvalue weighted by Gasteiger charge is -2.15. The van der Waals surface area contributed by atoms with Crippen LogP contribution in [0.5, 0.6) is 0 Å². The molecule has 0 aliphatic carbocycles. The van der Waals surface area contributed by atoms with E-state index in [-0.39, 0.29) is 6.04 Å². The van der Waals surface area contributed by atoms with Gasteiger partial charge in [0.25, 0.3) is 0 Å². The number of aryl methyl sites for hydroxylation is 1. The highest BCUT2D eigenvalue weighted by molar-refractivity contribution is 6.30. The van der Waals surface area contributed by atoms with Crippen molar-refractivity contribution in [3.8, 4) is 0 Å². The second-order valence-corrected chi connectivity index (χ2v) is 5.32. The molecule has 1 aromatic rings. The second kappa shape index (κ2) is 5.85. The monoisotopic (exact) mass is 253 g/mol. The molecule has 94 valence electrons. The van der Waals surface area contributed by atoms with Gasteiger partial charge in [-0.25, -0.2) is 0 Å². The molecular weight excluding hydrogens is 234 g/mol. The summed E-state index contributed by atoms with van der Waals surface area (Å²) in [6, 6.07) is 6.11. The van der Waals surface area contributed by atoms with Crippen LogP contribution in [0.15, 0.2) is 18.2 Å². The van der Waals surface area contributed by atoms with Crippen LogP contribution in [0.4, 0.5) is 0 Å². The molecule has 2 rings (SSSR count). The molecule has 2 nitrogen and oxygen atoms in total. The standard InChI is InChI=1S/C14H20ClNO/c1-10-7-11(9-12(15)8-10)14(16)5-4-13-3-2-6-17-13/h7-9,13-14H,2-6,16H2,1H3. The van der Waals surface area contributed by atoms with Crippen LogP contribution >= 0.6 is 11.6 Å². The third-order valence-corrected chi connectivity index (χ3v) is 3.53. The van der Waals surface area contributed by atoms with Crippen molar-refractivity contribution in [2.24, 2.45) is 5.73 Å². The van der Waals surface area contributed by atoms with E-state index < -0.39 is 0 Å². The highest BCUT2D eigenvalue weighted by atomic mass is 35.5. The first-order valence-electron chi connectivity index (χ1n) is 6.29. The molecule has 0 bridgehead atoms. The number of hydrogen-bond acceptors (Lipinski definition) is 2. The van der Waals surface area contributed by atoms with Crippen molar-refractivity contribution < 1.29 is 4.74 Å². The van der Waals surface area contributed by atoms with Crippen molar-refractivity contribution in [3.63, 3.8) is 0 Å². The Kier molecular flexibility index (Phi) is 4.43. The first-order valence-corrected chi connectivity index (χ1v) is 6.67. The average Bonchev–Trinajstić information content (AvgIpc) is 2.77. The van der Waals surface area contributed by atoms with Crippen molar-refractivity contribution in [3.05, 3.63) is 34.3 Å². The molecule has 1 heterocycles. The first kappa shape index (κ1) is 12.9. The first-order chi connectivity index (χ1) is 8.15. The summed E-state index contributed by atoms with van der Waals surface area (Å²) in [4.78, 5) is 0. The topological polar surface area (TPSA) is 35.2 Å². The third kappa shape index (κ3) is 3.70. The van der Waals surface area contributed by atoms with Crippen LogP contribution in [0.2, 0.25) is 5.02 Å². The number of halogens is 1. The summed E-state index contributed by atoms with van der Waals surface area (Å²) in [5.41, 5.74) is 8.50. The summed E-state index contributed by atoms with van der Waals surface area (Å²) in [5.74, 6) is 0. The number of benzene rings is 1. The average molecular weight is 254 g/mol. The summed E-state index contributed by atoms with van der Waals surface area (Å²) in [6.07, 6.45) is 4.80. The minimum absolute atomic E-state index is 0.0663. The quantitative estimate of drug-likeness (QED) is 0.890. The number of rotatable bonds is 4. The predicted octanol–water partition coefficient (Wildman–Crippen LogP) is 3.61. The zero-order valence-electron chi connectivity index (χ0n) is 10.3. The molecule has 1 aromatic carbocycles. The minimum atomic E-state index is 0.0663. The molecule has 1 fully saturated rings. The lowest BCUT2D eigenvalue weighted by atomic mass is 9.99. The van der Waals surface area contributed by atoms with E-state index in [9.17, 15) is 0 Å². The van der Waals surface area contributed by atoms with Gasteiger partial charge >= 0.3 is 0 Å². The van der Waals surface area contributed by atoms with Gasteiger partial charge in [-0.2, -0.15) is 0 Å². The molecule has 1 aliphatic rings. The van der Waals surface area contributed by atoms with Crippen molar-refractivity contribution in [1.29, 1.82) is 0 Å². The maximum atomic E-state index is 6.20. The Bertz CT molecular complexity index is 354. The molecule has 0 aromatic heterocycles. The van der Waals surface area contributed by atoms with Crippen molar-refractivity contribution in [2.45, 2.75) is 44.8 Å². The van der Waals surface area contributed by atoms with Gasteiger partial charge in [0.05, 0.1) is 6.10 Å². The summed E-state index contributed by atoms with van der Waals surface area (Å²) in [5, 5.41) is 0.771. The molecule has 3 heteroatoms. The predicted molar refractivity (Wildman–Crippen MR) is 71.3 cm³/mol. The Hall–Kier alpha value is -0.570. The van der Waals surface area contributed by atoms with Gasteiger partial charge < -0.3 is 10.5 Å². The lowest BCUT2D eigenvalue weighted by molar-refractivity contribution is 0.101. The van der Waals surface area contributed by atoms with Gasteiger partial charge in [0, 0.05) is 17.7 Å². The van der Waals surface area contributed by atoms with Crippen LogP contribution in [0.25, 0.3) is 0 Å². The van der Waals surface area contributed by atoms with E-state index in [4.69, 9.17) is 22.1 Å². The number of nitrogens with two attached hydrogens (primary N) is 1. The van der Waals surface area contributed by atoms with Gasteiger partial charge in [-0.15, -0.1) is 0 Å². The Morgan fingerprint density at radius 3 is 2.94 bits per heavy atom. The summed E-state index contributed by atoms with van der Waals surface area (Å²) in [6.45, 7) is 2.96. The van der Waals surface area contributed by atoms with E-state index in [2.05, 4.69) is 6.07 Å². The number of ether oxygens (including phenoxy) is 1. The van der Waals surface area contributed by atoms with Crippen LogP contribution in [0.1, 0.15) is 42.9 Å². The molecule has 0 spiro atoms. The Labute approximate surface area is 108 Å². The van der Waals surface area contributed by atoms with Gasteiger partial charge in [-0.1, -0.05) is 17.7 Å². The summed E-state index contributed by atoms with van der Waals surface area (Å²) < 4.78 is 5.61. The van der Waals surface area contributed by atoms with Crippen LogP contribution in [0.3, 0.4) is 0 Å². The smallest absolute Gasteiger partial charge is 0.0576 e. The maximum Gasteiger partial charge on any atom is 0.0576 e. The van der Waals surface area contributed by atoms with Gasteiger partial charge in [-0.3, -0.25) is 0 Å². The highest BCUT2D eigenvalue weighted by Crippen LogP contribution is 2.25. The summed E-state index contributed by atoms with van der Waals surface area (Å²) >= 11 is 6.04. The molecule has 2 N–H and O–H groups in total. The molecule has 2 atom stereocenters. The lowest BCUT2D eigenvalue weighted by Crippen LogP contribution is -2.14. The number of hydrogen-bond donors (Lipinski definition) is 1. The van der Waals surface area contributed by atoms with Gasteiger partial charge in [0.15, 0.2) is 0 Å². The Morgan fingerprint density at radius 1 is 1.47 bits per heavy atom. The normalized spacial score (nSPS) is 21.7. The van der Waals surface area contributed by atoms with E-state index in [1.165, 1.54) is 18.4 Å². The fourth-order valence-corrected chi connectivity index (χ4v) is 2.68. The fraction of sp³-hybridized carbons (Fsp3) is 0.571. The van der Waals surface area contributed by atoms with Crippen molar-refractivity contribution >= 4 is 11.6 Å². The maximum absolute atomic E-state index is 6.20. The van der Waals surface area contributed by atoms with Crippen LogP contribution in [-0.2, 0) is 4.74 Å². The minimum Gasteiger partial charge on any atom is -0.378 e. The Balaban J connectivity index is 1.91. The molecule has 2 unspecified atom stereocenters. The molecule has 0 amide bonds. The molecule has 0 saturated carbocycles. The zero-order chi connectivity index (χ0) is 12.3. The van der Waals surface area contributed by atoms with Gasteiger partial charge in [0.2, 0.25) is 0 Å². The van der Waals surface area contributed by atoms with E-state index in [0.29, 0.717) is 6.10 Å². The van der Waals surface area contributed by atoms with E-state index in [1.807, 2.05) is 19.1 Å². The molecule has 17 heavy (non-hydrogen) atoms. The molecule has 1 saturated heterocycles. The molecular formula is C14H20ClNO. The molecule has 1 aliphatic heterocycles. The van der Waals surface area contributed by atoms with Crippen LogP contribution < -0.4 is 5.73 Å². The van der Waals surface area contributed by atoms with Crippen LogP contribution in [0, 0.1) is 6.92 Å². The largest absolute Gasteiger partial charge is 0.378 e. The van der Waals surface area contributed by atoms with E-state index in [1.54, 1.807) is 0 Å². The highest BCUT2D eigenvalue weighted by Gasteiger charge is 2.17. The van der Waals surface area contributed by atoms with Crippen molar-refractivity contribution in [2.75, 3.05) is 6.61 Å². The fourth-order valence-electron chi connectivity index (χ4n) is 2.38. The van der Waals surface area contributed by atoms with E-state index >= 15 is 0 Å². The SMILES string of the molecule is Cc1cc(Cl)cc(C(N)CCC2CCCO2)c1. The van der Waals surface area contributed by atoms with Gasteiger partial charge in [0.1, 0.15) is 0 Å². The summed E-state index contributed by atoms with van der Waals surface area (Å²) in [7, 11) is 0.